The lowest BCUT2D eigenvalue weighted by Crippen LogP contribution is -2.11. The van der Waals surface area contributed by atoms with Crippen molar-refractivity contribution in [1.29, 1.82) is 0 Å². The summed E-state index contributed by atoms with van der Waals surface area (Å²) in [6, 6.07) is 10.1. The Morgan fingerprint density at radius 2 is 2.08 bits per heavy atom. The molecule has 0 aromatic heterocycles. The third-order valence-corrected chi connectivity index (χ3v) is 2.93. The van der Waals surface area contributed by atoms with Crippen molar-refractivity contribution in [1.82, 2.24) is 5.32 Å². The molecule has 3 heteroatoms. The van der Waals surface area contributed by atoms with E-state index in [1.807, 2.05) is 18.2 Å². The van der Waals surface area contributed by atoms with E-state index in [1.165, 1.54) is 17.3 Å². The molecule has 1 saturated heterocycles. The molecule has 2 nitrogen and oxygen atoms in total. The molecule has 0 radical (unpaired) electrons. The highest BCUT2D eigenvalue weighted by molar-refractivity contribution is 8.14. The van der Waals surface area contributed by atoms with Crippen molar-refractivity contribution in [2.45, 2.75) is 5.25 Å². The number of benzene rings is 1. The van der Waals surface area contributed by atoms with Gasteiger partial charge in [-0.15, -0.1) is 0 Å². The number of nitrogens with one attached hydrogen (secondary N) is 1. The summed E-state index contributed by atoms with van der Waals surface area (Å²) in [6.45, 7) is 0.757. The summed E-state index contributed by atoms with van der Waals surface area (Å²) >= 11 is 1.37. The first-order valence-corrected chi connectivity index (χ1v) is 4.73. The summed E-state index contributed by atoms with van der Waals surface area (Å²) in [5.74, 6) is 0. The van der Waals surface area contributed by atoms with E-state index in [9.17, 15) is 4.79 Å². The fourth-order valence-corrected chi connectivity index (χ4v) is 2.13. The summed E-state index contributed by atoms with van der Waals surface area (Å²) in [4.78, 5) is 10.9. The van der Waals surface area contributed by atoms with Gasteiger partial charge < -0.3 is 5.32 Å². The average Bonchev–Trinajstić information content (AvgIpc) is 2.54. The van der Waals surface area contributed by atoms with Crippen LogP contribution in [0, 0.1) is 0 Å². The van der Waals surface area contributed by atoms with Gasteiger partial charge in [-0.2, -0.15) is 0 Å². The number of hydrogen-bond acceptors (Lipinski definition) is 2. The predicted molar refractivity (Wildman–Crippen MR) is 50.2 cm³/mol. The third kappa shape index (κ3) is 1.46. The van der Waals surface area contributed by atoms with E-state index in [1.54, 1.807) is 0 Å². The lowest BCUT2D eigenvalue weighted by atomic mass is 10.1. The average molecular weight is 179 g/mol. The Labute approximate surface area is 75.4 Å². The summed E-state index contributed by atoms with van der Waals surface area (Å²) in [5, 5.41) is 3.18. The van der Waals surface area contributed by atoms with Crippen LogP contribution in [0.3, 0.4) is 0 Å². The molecule has 1 aromatic rings. The molecule has 1 aliphatic rings. The first-order valence-electron chi connectivity index (χ1n) is 3.86. The van der Waals surface area contributed by atoms with Gasteiger partial charge in [0.25, 0.3) is 5.24 Å². The molecule has 1 unspecified atom stereocenters. The van der Waals surface area contributed by atoms with Crippen molar-refractivity contribution in [3.8, 4) is 0 Å². The standard InChI is InChI=1S/C9H9NOS/c11-9-10-6-8(12-9)7-4-2-1-3-5-7/h1-5,8H,6H2,(H,10,11). The molecule has 1 fully saturated rings. The summed E-state index contributed by atoms with van der Waals surface area (Å²) < 4.78 is 0. The molecule has 1 N–H and O–H groups in total. The van der Waals surface area contributed by atoms with Crippen molar-refractivity contribution < 1.29 is 4.79 Å². The second kappa shape index (κ2) is 3.19. The molecular formula is C9H9NOS. The van der Waals surface area contributed by atoms with E-state index in [0.29, 0.717) is 5.25 Å². The minimum Gasteiger partial charge on any atom is -0.345 e. The maximum atomic E-state index is 10.9. The molecule has 0 aliphatic carbocycles. The second-order valence-electron chi connectivity index (χ2n) is 2.69. The Balaban J connectivity index is 2.16. The number of hydrogen-bond donors (Lipinski definition) is 1. The van der Waals surface area contributed by atoms with Crippen molar-refractivity contribution in [2.24, 2.45) is 0 Å². The van der Waals surface area contributed by atoms with Gasteiger partial charge in [-0.1, -0.05) is 42.1 Å². The third-order valence-electron chi connectivity index (χ3n) is 1.85. The van der Waals surface area contributed by atoms with Gasteiger partial charge in [-0.05, 0) is 5.56 Å². The molecule has 0 bridgehead atoms. The fraction of sp³-hybridized carbons (Fsp3) is 0.222. The van der Waals surface area contributed by atoms with Crippen LogP contribution in [0.25, 0.3) is 0 Å². The van der Waals surface area contributed by atoms with E-state index in [-0.39, 0.29) is 5.24 Å². The number of thioether (sulfide) groups is 1. The molecule has 1 aliphatic heterocycles. The second-order valence-corrected chi connectivity index (χ2v) is 3.86. The zero-order valence-electron chi connectivity index (χ0n) is 6.49. The number of carbonyl (C=O) groups excluding carboxylic acids is 1. The van der Waals surface area contributed by atoms with Gasteiger partial charge in [0.15, 0.2) is 0 Å². The van der Waals surface area contributed by atoms with Crippen molar-refractivity contribution in [3.05, 3.63) is 35.9 Å². The first kappa shape index (κ1) is 7.68. The lowest BCUT2D eigenvalue weighted by Gasteiger charge is -2.04. The SMILES string of the molecule is O=C1NCC(c2ccccc2)S1. The summed E-state index contributed by atoms with van der Waals surface area (Å²) in [7, 11) is 0. The van der Waals surface area contributed by atoms with Gasteiger partial charge in [0.2, 0.25) is 0 Å². The smallest absolute Gasteiger partial charge is 0.279 e. The van der Waals surface area contributed by atoms with E-state index < -0.39 is 0 Å². The van der Waals surface area contributed by atoms with Crippen molar-refractivity contribution in [2.75, 3.05) is 6.54 Å². The van der Waals surface area contributed by atoms with Gasteiger partial charge in [0, 0.05) is 6.54 Å². The Hall–Kier alpha value is -0.960. The van der Waals surface area contributed by atoms with Gasteiger partial charge in [0.05, 0.1) is 5.25 Å². The molecule has 1 heterocycles. The molecule has 1 aromatic carbocycles. The molecule has 1 amide bonds. The number of carbonyl (C=O) groups is 1. The Kier molecular flexibility index (Phi) is 2.04. The van der Waals surface area contributed by atoms with Gasteiger partial charge >= 0.3 is 0 Å². The lowest BCUT2D eigenvalue weighted by molar-refractivity contribution is 0.262. The highest BCUT2D eigenvalue weighted by Gasteiger charge is 2.23. The zero-order chi connectivity index (χ0) is 8.39. The zero-order valence-corrected chi connectivity index (χ0v) is 7.30. The Bertz CT molecular complexity index is 286. The molecule has 2 rings (SSSR count). The minimum absolute atomic E-state index is 0.0869. The van der Waals surface area contributed by atoms with Crippen LogP contribution in [-0.2, 0) is 0 Å². The molecule has 1 atom stereocenters. The van der Waals surface area contributed by atoms with Crippen LogP contribution in [0.4, 0.5) is 4.79 Å². The van der Waals surface area contributed by atoms with Crippen LogP contribution in [0.15, 0.2) is 30.3 Å². The molecule has 0 spiro atoms. The van der Waals surface area contributed by atoms with E-state index in [4.69, 9.17) is 0 Å². The monoisotopic (exact) mass is 179 g/mol. The van der Waals surface area contributed by atoms with Gasteiger partial charge in [-0.25, -0.2) is 0 Å². The molecule has 0 saturated carbocycles. The first-order chi connectivity index (χ1) is 5.86. The normalized spacial score (nSPS) is 22.3. The van der Waals surface area contributed by atoms with Gasteiger partial charge in [0.1, 0.15) is 0 Å². The Morgan fingerprint density at radius 3 is 2.67 bits per heavy atom. The van der Waals surface area contributed by atoms with E-state index in [2.05, 4.69) is 17.4 Å². The van der Waals surface area contributed by atoms with Crippen LogP contribution in [0.2, 0.25) is 0 Å². The van der Waals surface area contributed by atoms with E-state index >= 15 is 0 Å². The molecule has 12 heavy (non-hydrogen) atoms. The van der Waals surface area contributed by atoms with Crippen molar-refractivity contribution in [3.63, 3.8) is 0 Å². The highest BCUT2D eigenvalue weighted by Crippen LogP contribution is 2.32. The molecular weight excluding hydrogens is 170 g/mol. The van der Waals surface area contributed by atoms with Crippen LogP contribution < -0.4 is 5.32 Å². The summed E-state index contributed by atoms with van der Waals surface area (Å²) in [6.07, 6.45) is 0. The minimum atomic E-state index is 0.0869. The fourth-order valence-electron chi connectivity index (χ4n) is 1.24. The maximum Gasteiger partial charge on any atom is 0.279 e. The van der Waals surface area contributed by atoms with E-state index in [0.717, 1.165) is 6.54 Å². The van der Waals surface area contributed by atoms with Gasteiger partial charge in [-0.3, -0.25) is 4.79 Å². The number of amides is 1. The highest BCUT2D eigenvalue weighted by atomic mass is 32.2. The maximum absolute atomic E-state index is 10.9. The van der Waals surface area contributed by atoms with Crippen LogP contribution >= 0.6 is 11.8 Å². The van der Waals surface area contributed by atoms with Crippen LogP contribution in [-0.4, -0.2) is 11.8 Å². The Morgan fingerprint density at radius 1 is 1.33 bits per heavy atom. The van der Waals surface area contributed by atoms with Crippen LogP contribution in [0.1, 0.15) is 10.8 Å². The topological polar surface area (TPSA) is 29.1 Å². The van der Waals surface area contributed by atoms with Crippen molar-refractivity contribution >= 4 is 17.0 Å². The molecule has 62 valence electrons. The number of rotatable bonds is 1. The van der Waals surface area contributed by atoms with Crippen LogP contribution in [0.5, 0.6) is 0 Å². The largest absolute Gasteiger partial charge is 0.345 e. The quantitative estimate of drug-likeness (QED) is 0.716. The summed E-state index contributed by atoms with van der Waals surface area (Å²) in [5.41, 5.74) is 1.22. The predicted octanol–water partition coefficient (Wildman–Crippen LogP) is 2.18.